The lowest BCUT2D eigenvalue weighted by Crippen LogP contribution is -2.03. The number of hydrogen-bond acceptors (Lipinski definition) is 4. The molecule has 0 aliphatic carbocycles. The van der Waals surface area contributed by atoms with Crippen LogP contribution in [0, 0.1) is 0 Å². The highest BCUT2D eigenvalue weighted by Crippen LogP contribution is 2.25. The Hall–Kier alpha value is -2.04. The lowest BCUT2D eigenvalue weighted by Gasteiger charge is -2.08. The van der Waals surface area contributed by atoms with E-state index in [0.29, 0.717) is 13.2 Å². The first kappa shape index (κ1) is 28.0. The average Bonchev–Trinajstić information content (AvgIpc) is 3.78. The fourth-order valence-electron chi connectivity index (χ4n) is 2.19. The quantitative estimate of drug-likeness (QED) is 0.453. The highest BCUT2D eigenvalue weighted by atomic mass is 16.6. The zero-order chi connectivity index (χ0) is 22.8. The second kappa shape index (κ2) is 17.8. The van der Waals surface area contributed by atoms with Crippen molar-refractivity contribution in [2.45, 2.75) is 67.6 Å². The van der Waals surface area contributed by atoms with Crippen LogP contribution in [-0.4, -0.2) is 38.6 Å². The van der Waals surface area contributed by atoms with Crippen LogP contribution < -0.4 is 9.47 Å². The minimum absolute atomic E-state index is 0.285. The summed E-state index contributed by atoms with van der Waals surface area (Å²) in [5.74, 6) is 1.76. The zero-order valence-corrected chi connectivity index (χ0v) is 20.2. The molecule has 2 unspecified atom stereocenters. The summed E-state index contributed by atoms with van der Waals surface area (Å²) in [6.45, 7) is 18.9. The zero-order valence-electron chi connectivity index (χ0n) is 20.2. The largest absolute Gasteiger partial charge is 0.491 e. The van der Waals surface area contributed by atoms with E-state index >= 15 is 0 Å². The first-order chi connectivity index (χ1) is 14.9. The van der Waals surface area contributed by atoms with Gasteiger partial charge in [-0.25, -0.2) is 0 Å². The van der Waals surface area contributed by atoms with Gasteiger partial charge in [0.25, 0.3) is 0 Å². The molecule has 0 N–H and O–H groups in total. The number of ether oxygens (including phenoxy) is 4. The van der Waals surface area contributed by atoms with E-state index in [1.807, 2.05) is 79.7 Å². The van der Waals surface area contributed by atoms with Crippen LogP contribution in [0.1, 0.15) is 55.4 Å². The van der Waals surface area contributed by atoms with Crippen molar-refractivity contribution in [2.75, 3.05) is 26.4 Å². The van der Waals surface area contributed by atoms with Gasteiger partial charge in [-0.1, -0.05) is 79.7 Å². The molecule has 2 aromatic carbocycles. The number of hydrogen-bond donors (Lipinski definition) is 0. The van der Waals surface area contributed by atoms with E-state index in [4.69, 9.17) is 18.9 Å². The molecule has 170 valence electrons. The summed E-state index contributed by atoms with van der Waals surface area (Å²) in [5, 5.41) is 0. The van der Waals surface area contributed by atoms with Gasteiger partial charge >= 0.3 is 0 Å². The van der Waals surface area contributed by atoms with Crippen LogP contribution in [0.2, 0.25) is 0 Å². The minimum Gasteiger partial charge on any atom is -0.491 e. The lowest BCUT2D eigenvalue weighted by atomic mass is 10.1. The Bertz CT molecular complexity index is 557. The third-order valence-corrected chi connectivity index (χ3v) is 3.72. The Balaban J connectivity index is 0.000000948. The first-order valence-corrected chi connectivity index (χ1v) is 11.6. The summed E-state index contributed by atoms with van der Waals surface area (Å²) in [6, 6.07) is 16.2. The second-order valence-corrected chi connectivity index (χ2v) is 5.58. The minimum atomic E-state index is 0.285. The summed E-state index contributed by atoms with van der Waals surface area (Å²) in [4.78, 5) is 0. The maximum Gasteiger partial charge on any atom is 0.119 e. The van der Waals surface area contributed by atoms with E-state index in [1.54, 1.807) is 0 Å². The van der Waals surface area contributed by atoms with Crippen molar-refractivity contribution in [3.8, 4) is 22.6 Å². The molecular formula is C26H42O4. The Morgan fingerprint density at radius 2 is 0.833 bits per heavy atom. The maximum absolute atomic E-state index is 5.64. The summed E-state index contributed by atoms with van der Waals surface area (Å²) in [7, 11) is 0. The molecule has 0 radical (unpaired) electrons. The third-order valence-electron chi connectivity index (χ3n) is 3.72. The van der Waals surface area contributed by atoms with Crippen molar-refractivity contribution in [3.63, 3.8) is 0 Å². The predicted molar refractivity (Wildman–Crippen MR) is 128 cm³/mol. The van der Waals surface area contributed by atoms with Gasteiger partial charge in [0.1, 0.15) is 36.9 Å². The van der Waals surface area contributed by atoms with Crippen molar-refractivity contribution in [2.24, 2.45) is 0 Å². The van der Waals surface area contributed by atoms with E-state index < -0.39 is 0 Å². The molecule has 2 fully saturated rings. The van der Waals surface area contributed by atoms with Crippen LogP contribution in [0.5, 0.6) is 11.5 Å². The van der Waals surface area contributed by atoms with E-state index in [2.05, 4.69) is 24.3 Å². The molecule has 4 heteroatoms. The van der Waals surface area contributed by atoms with Crippen molar-refractivity contribution >= 4 is 0 Å². The summed E-state index contributed by atoms with van der Waals surface area (Å²) < 4.78 is 21.5. The molecule has 0 bridgehead atoms. The smallest absolute Gasteiger partial charge is 0.119 e. The van der Waals surface area contributed by atoms with Crippen LogP contribution in [0.15, 0.2) is 48.5 Å². The van der Waals surface area contributed by atoms with Gasteiger partial charge in [0, 0.05) is 0 Å². The molecule has 4 rings (SSSR count). The van der Waals surface area contributed by atoms with Gasteiger partial charge in [-0.05, 0) is 35.4 Å². The lowest BCUT2D eigenvalue weighted by molar-refractivity contribution is 0.263. The molecule has 2 aliphatic rings. The van der Waals surface area contributed by atoms with Crippen molar-refractivity contribution in [1.29, 1.82) is 0 Å². The number of rotatable bonds is 7. The number of epoxide rings is 2. The van der Waals surface area contributed by atoms with E-state index in [0.717, 1.165) is 35.8 Å². The van der Waals surface area contributed by atoms with Crippen LogP contribution in [0.25, 0.3) is 11.1 Å². The molecule has 2 saturated heterocycles. The van der Waals surface area contributed by atoms with Crippen LogP contribution in [-0.2, 0) is 9.47 Å². The Morgan fingerprint density at radius 3 is 1.07 bits per heavy atom. The van der Waals surface area contributed by atoms with Gasteiger partial charge in [-0.15, -0.1) is 0 Å². The average molecular weight is 419 g/mol. The fraction of sp³-hybridized carbons (Fsp3) is 0.538. The molecule has 30 heavy (non-hydrogen) atoms. The van der Waals surface area contributed by atoms with Gasteiger partial charge in [0.2, 0.25) is 0 Å². The summed E-state index contributed by atoms with van der Waals surface area (Å²) in [5.41, 5.74) is 2.32. The molecule has 2 aliphatic heterocycles. The normalized spacial score (nSPS) is 17.1. The van der Waals surface area contributed by atoms with Crippen LogP contribution in [0.4, 0.5) is 0 Å². The molecule has 2 heterocycles. The second-order valence-electron chi connectivity index (χ2n) is 5.58. The molecular weight excluding hydrogens is 376 g/mol. The van der Waals surface area contributed by atoms with Crippen LogP contribution in [0.3, 0.4) is 0 Å². The van der Waals surface area contributed by atoms with Crippen molar-refractivity contribution in [1.82, 2.24) is 0 Å². The Kier molecular flexibility index (Phi) is 16.6. The van der Waals surface area contributed by atoms with Crippen LogP contribution >= 0.6 is 0 Å². The third kappa shape index (κ3) is 11.2. The highest BCUT2D eigenvalue weighted by molar-refractivity contribution is 5.64. The first-order valence-electron chi connectivity index (χ1n) is 11.6. The number of benzene rings is 2. The van der Waals surface area contributed by atoms with E-state index in [9.17, 15) is 0 Å². The van der Waals surface area contributed by atoms with Crippen molar-refractivity contribution < 1.29 is 18.9 Å². The topological polar surface area (TPSA) is 43.5 Å². The molecule has 0 saturated carbocycles. The van der Waals surface area contributed by atoms with Gasteiger partial charge < -0.3 is 18.9 Å². The van der Waals surface area contributed by atoms with Gasteiger partial charge in [0.05, 0.1) is 13.2 Å². The summed E-state index contributed by atoms with van der Waals surface area (Å²) in [6.07, 6.45) is 0.571. The predicted octanol–water partition coefficient (Wildman–Crippen LogP) is 7.01. The molecule has 4 nitrogen and oxygen atoms in total. The van der Waals surface area contributed by atoms with Gasteiger partial charge in [0.15, 0.2) is 0 Å². The maximum atomic E-state index is 5.64. The fourth-order valence-corrected chi connectivity index (χ4v) is 2.19. The van der Waals surface area contributed by atoms with E-state index in [-0.39, 0.29) is 12.2 Å². The Labute approximate surface area is 184 Å². The molecule has 2 aromatic rings. The van der Waals surface area contributed by atoms with Gasteiger partial charge in [-0.3, -0.25) is 0 Å². The summed E-state index contributed by atoms with van der Waals surface area (Å²) >= 11 is 0. The SMILES string of the molecule is CC.CC.CC.CC.c1cc(-c2ccc(OCC3CO3)cc2)ccc1OCC1CO1. The molecule has 0 aromatic heterocycles. The Morgan fingerprint density at radius 1 is 0.567 bits per heavy atom. The van der Waals surface area contributed by atoms with Gasteiger partial charge in [-0.2, -0.15) is 0 Å². The molecule has 0 spiro atoms. The molecule has 0 amide bonds. The van der Waals surface area contributed by atoms with E-state index in [1.165, 1.54) is 0 Å². The molecule has 2 atom stereocenters. The highest BCUT2D eigenvalue weighted by Gasteiger charge is 2.23. The standard InChI is InChI=1S/C18H18O4.4C2H6/c1-5-15(19-9-17-11-21-17)6-2-13(1)14-3-7-16(8-4-14)20-10-18-12-22-18;4*1-2/h1-8,17-18H,9-12H2;4*1-2H3. The monoisotopic (exact) mass is 418 g/mol. The van der Waals surface area contributed by atoms with Crippen molar-refractivity contribution in [3.05, 3.63) is 48.5 Å².